The largest absolute Gasteiger partial charge is 0.334 e. The summed E-state index contributed by atoms with van der Waals surface area (Å²) in [5.41, 5.74) is 2.65. The Hall–Kier alpha value is -2.21. The molecule has 0 spiro atoms. The smallest absolute Gasteiger partial charge is 0.273 e. The van der Waals surface area contributed by atoms with E-state index in [1.807, 2.05) is 41.2 Å². The first-order valence-electron chi connectivity index (χ1n) is 8.87. The summed E-state index contributed by atoms with van der Waals surface area (Å²) in [6.45, 7) is 2.77. The summed E-state index contributed by atoms with van der Waals surface area (Å²) >= 11 is 1.57. The van der Waals surface area contributed by atoms with Gasteiger partial charge in [-0.05, 0) is 51.2 Å². The molecule has 1 fully saturated rings. The minimum atomic E-state index is 0.120. The molecule has 0 aromatic carbocycles. The molecule has 1 aliphatic heterocycles. The van der Waals surface area contributed by atoms with Gasteiger partial charge in [0, 0.05) is 36.1 Å². The third-order valence-electron chi connectivity index (χ3n) is 4.99. The predicted octanol–water partition coefficient (Wildman–Crippen LogP) is 3.73. The lowest BCUT2D eigenvalue weighted by molar-refractivity contribution is 0.0593. The van der Waals surface area contributed by atoms with Crippen LogP contribution in [-0.2, 0) is 6.42 Å². The van der Waals surface area contributed by atoms with Crippen molar-refractivity contribution in [2.45, 2.75) is 45.1 Å². The Morgan fingerprint density at radius 1 is 1.36 bits per heavy atom. The average Bonchev–Trinajstić information content (AvgIpc) is 3.20. The number of likely N-dealkylation sites (tertiary alicyclic amines) is 1. The Labute approximate surface area is 151 Å². The van der Waals surface area contributed by atoms with Crippen molar-refractivity contribution in [3.05, 3.63) is 53.1 Å². The topological polar surface area (TPSA) is 50.5 Å². The molecule has 130 valence electrons. The second-order valence-electron chi connectivity index (χ2n) is 6.61. The fourth-order valence-electron chi connectivity index (χ4n) is 3.72. The van der Waals surface area contributed by atoms with Crippen molar-refractivity contribution in [1.29, 1.82) is 0 Å². The number of aromatic nitrogens is 3. The van der Waals surface area contributed by atoms with Gasteiger partial charge < -0.3 is 4.90 Å². The van der Waals surface area contributed by atoms with E-state index in [1.54, 1.807) is 11.3 Å². The second-order valence-corrected chi connectivity index (χ2v) is 7.48. The third-order valence-corrected chi connectivity index (χ3v) is 5.74. The van der Waals surface area contributed by atoms with Crippen LogP contribution in [0.25, 0.3) is 4.96 Å². The highest BCUT2D eigenvalue weighted by atomic mass is 32.1. The summed E-state index contributed by atoms with van der Waals surface area (Å²) in [6.07, 6.45) is 9.00. The van der Waals surface area contributed by atoms with Crippen LogP contribution in [0.5, 0.6) is 0 Å². The lowest BCUT2D eigenvalue weighted by Crippen LogP contribution is -2.44. The molecule has 0 saturated carbocycles. The number of fused-ring (bicyclic) bond motifs is 1. The molecule has 4 rings (SSSR count). The van der Waals surface area contributed by atoms with Gasteiger partial charge in [-0.1, -0.05) is 6.07 Å². The summed E-state index contributed by atoms with van der Waals surface area (Å²) in [5, 5.41) is 1.98. The first-order chi connectivity index (χ1) is 12.2. The summed E-state index contributed by atoms with van der Waals surface area (Å²) in [6, 6.07) is 6.31. The number of amides is 1. The number of rotatable bonds is 4. The maximum atomic E-state index is 13.3. The van der Waals surface area contributed by atoms with Crippen molar-refractivity contribution < 1.29 is 4.79 Å². The molecule has 5 nitrogen and oxygen atoms in total. The number of nitrogens with zero attached hydrogens (tertiary/aromatic N) is 4. The number of piperidine rings is 1. The standard InChI is InChI=1S/C19H22N4OS/c1-14-17(23-12-13-25-19(23)21-14)18(24)22-11-5-3-7-16(22)9-8-15-6-2-4-10-20-15/h2,4,6,10,12-13,16H,3,5,7-9,11H2,1H3/t16-/m0/s1. The molecule has 3 aromatic heterocycles. The molecule has 1 aliphatic rings. The van der Waals surface area contributed by atoms with Crippen molar-refractivity contribution in [3.63, 3.8) is 0 Å². The zero-order valence-electron chi connectivity index (χ0n) is 14.4. The molecule has 0 radical (unpaired) electrons. The average molecular weight is 354 g/mol. The summed E-state index contributed by atoms with van der Waals surface area (Å²) < 4.78 is 1.94. The van der Waals surface area contributed by atoms with E-state index >= 15 is 0 Å². The van der Waals surface area contributed by atoms with Gasteiger partial charge in [0.2, 0.25) is 0 Å². The monoisotopic (exact) mass is 354 g/mol. The Kier molecular flexibility index (Phi) is 4.53. The number of thiazole rings is 1. The second kappa shape index (κ2) is 6.96. The van der Waals surface area contributed by atoms with Crippen LogP contribution in [0.1, 0.15) is 47.6 Å². The molecule has 4 heterocycles. The van der Waals surface area contributed by atoms with Crippen LogP contribution in [0.4, 0.5) is 0 Å². The van der Waals surface area contributed by atoms with Crippen LogP contribution in [-0.4, -0.2) is 37.8 Å². The molecular weight excluding hydrogens is 332 g/mol. The molecule has 3 aromatic rings. The van der Waals surface area contributed by atoms with Crippen molar-refractivity contribution in [1.82, 2.24) is 19.3 Å². The highest BCUT2D eigenvalue weighted by molar-refractivity contribution is 7.15. The molecule has 0 N–H and O–H groups in total. The van der Waals surface area contributed by atoms with Gasteiger partial charge in [0.1, 0.15) is 5.69 Å². The Bertz CT molecular complexity index is 870. The fraction of sp³-hybridized carbons (Fsp3) is 0.421. The summed E-state index contributed by atoms with van der Waals surface area (Å²) in [7, 11) is 0. The maximum Gasteiger partial charge on any atom is 0.273 e. The minimum absolute atomic E-state index is 0.120. The van der Waals surface area contributed by atoms with E-state index in [9.17, 15) is 4.79 Å². The van der Waals surface area contributed by atoms with Crippen LogP contribution in [0, 0.1) is 6.92 Å². The maximum absolute atomic E-state index is 13.3. The van der Waals surface area contributed by atoms with Crippen LogP contribution in [0.2, 0.25) is 0 Å². The molecular formula is C19H22N4OS. The molecule has 1 amide bonds. The highest BCUT2D eigenvalue weighted by Crippen LogP contribution is 2.25. The van der Waals surface area contributed by atoms with E-state index < -0.39 is 0 Å². The Morgan fingerprint density at radius 2 is 2.28 bits per heavy atom. The number of aryl methyl sites for hydroxylation is 2. The van der Waals surface area contributed by atoms with Gasteiger partial charge in [0.05, 0.1) is 5.69 Å². The third kappa shape index (κ3) is 3.18. The van der Waals surface area contributed by atoms with E-state index in [0.717, 1.165) is 54.3 Å². The highest BCUT2D eigenvalue weighted by Gasteiger charge is 2.30. The number of pyridine rings is 1. The normalized spacial score (nSPS) is 18.0. The fourth-order valence-corrected chi connectivity index (χ4v) is 4.48. The number of hydrogen-bond donors (Lipinski definition) is 0. The lowest BCUT2D eigenvalue weighted by Gasteiger charge is -2.36. The number of carbonyl (C=O) groups excluding carboxylic acids is 1. The van der Waals surface area contributed by atoms with Crippen LogP contribution >= 0.6 is 11.3 Å². The molecule has 0 unspecified atom stereocenters. The van der Waals surface area contributed by atoms with Crippen LogP contribution in [0.15, 0.2) is 36.0 Å². The molecule has 0 bridgehead atoms. The van der Waals surface area contributed by atoms with Crippen molar-refractivity contribution in [2.24, 2.45) is 0 Å². The van der Waals surface area contributed by atoms with Crippen molar-refractivity contribution >= 4 is 22.2 Å². The Morgan fingerprint density at radius 3 is 3.12 bits per heavy atom. The molecule has 1 atom stereocenters. The summed E-state index contributed by atoms with van der Waals surface area (Å²) in [4.78, 5) is 25.2. The predicted molar refractivity (Wildman–Crippen MR) is 99.0 cm³/mol. The first kappa shape index (κ1) is 16.3. The van der Waals surface area contributed by atoms with Crippen LogP contribution < -0.4 is 0 Å². The van der Waals surface area contributed by atoms with Gasteiger partial charge in [0.25, 0.3) is 5.91 Å². The van der Waals surface area contributed by atoms with Gasteiger partial charge in [-0.25, -0.2) is 4.98 Å². The van der Waals surface area contributed by atoms with Gasteiger partial charge in [-0.3, -0.25) is 14.2 Å². The molecule has 0 aliphatic carbocycles. The van der Waals surface area contributed by atoms with E-state index in [1.165, 1.54) is 6.42 Å². The number of hydrogen-bond acceptors (Lipinski definition) is 4. The van der Waals surface area contributed by atoms with E-state index in [2.05, 4.69) is 20.9 Å². The zero-order chi connectivity index (χ0) is 17.2. The van der Waals surface area contributed by atoms with Crippen molar-refractivity contribution in [2.75, 3.05) is 6.54 Å². The Balaban J connectivity index is 1.55. The first-order valence-corrected chi connectivity index (χ1v) is 9.75. The van der Waals surface area contributed by atoms with Gasteiger partial charge in [-0.2, -0.15) is 0 Å². The van der Waals surface area contributed by atoms with Gasteiger partial charge >= 0.3 is 0 Å². The summed E-state index contributed by atoms with van der Waals surface area (Å²) in [5.74, 6) is 0.120. The lowest BCUT2D eigenvalue weighted by atomic mass is 9.96. The quantitative estimate of drug-likeness (QED) is 0.717. The van der Waals surface area contributed by atoms with Crippen LogP contribution in [0.3, 0.4) is 0 Å². The van der Waals surface area contributed by atoms with Gasteiger partial charge in [0.15, 0.2) is 4.96 Å². The van der Waals surface area contributed by atoms with E-state index in [0.29, 0.717) is 0 Å². The van der Waals surface area contributed by atoms with E-state index in [4.69, 9.17) is 0 Å². The molecule has 1 saturated heterocycles. The number of imidazole rings is 1. The SMILES string of the molecule is Cc1nc2sccn2c1C(=O)N1CCCC[C@H]1CCc1ccccn1. The zero-order valence-corrected chi connectivity index (χ0v) is 15.2. The van der Waals surface area contributed by atoms with E-state index in [-0.39, 0.29) is 11.9 Å². The molecule has 6 heteroatoms. The van der Waals surface area contributed by atoms with Gasteiger partial charge in [-0.15, -0.1) is 11.3 Å². The van der Waals surface area contributed by atoms with Crippen molar-refractivity contribution in [3.8, 4) is 0 Å². The molecule has 25 heavy (non-hydrogen) atoms. The number of carbonyl (C=O) groups is 1. The minimum Gasteiger partial charge on any atom is -0.334 e.